The number of aryl methyl sites for hydroxylation is 1. The third kappa shape index (κ3) is 5.41. The number of nitrogens with zero attached hydrogens (tertiary/aromatic N) is 3. The van der Waals surface area contributed by atoms with E-state index in [1.807, 2.05) is 66.5 Å². The number of amides is 1. The second-order valence-corrected chi connectivity index (χ2v) is 8.87. The molecule has 0 bridgehead atoms. The number of aromatic nitrogens is 2. The van der Waals surface area contributed by atoms with Crippen molar-refractivity contribution in [3.8, 4) is 17.0 Å². The van der Waals surface area contributed by atoms with Gasteiger partial charge in [-0.25, -0.2) is 0 Å². The predicted octanol–water partition coefficient (Wildman–Crippen LogP) is 5.65. The molecule has 0 saturated heterocycles. The minimum atomic E-state index is -0.0513. The first kappa shape index (κ1) is 22.6. The first-order valence-electron chi connectivity index (χ1n) is 10.8. The van der Waals surface area contributed by atoms with E-state index in [0.717, 1.165) is 28.1 Å². The van der Waals surface area contributed by atoms with E-state index in [-0.39, 0.29) is 5.91 Å². The molecule has 0 atom stereocenters. The number of methoxy groups -OCH3 is 1. The van der Waals surface area contributed by atoms with Gasteiger partial charge in [0, 0.05) is 35.3 Å². The Bertz CT molecular complexity index is 1260. The van der Waals surface area contributed by atoms with Crippen LogP contribution in [-0.4, -0.2) is 34.7 Å². The van der Waals surface area contributed by atoms with Crippen LogP contribution in [0.5, 0.6) is 5.75 Å². The second kappa shape index (κ2) is 10.3. The van der Waals surface area contributed by atoms with Crippen LogP contribution in [0.2, 0.25) is 0 Å². The van der Waals surface area contributed by atoms with Gasteiger partial charge in [0.15, 0.2) is 0 Å². The van der Waals surface area contributed by atoms with Gasteiger partial charge in [0.2, 0.25) is 5.91 Å². The SMILES string of the molecule is COc1ccccc1-c1nn(Cc2ccccc2)cc1/C=C/C(=O)N(C)Cc1sccc1C. The molecule has 0 radical (unpaired) electrons. The number of hydrogen-bond donors (Lipinski definition) is 0. The van der Waals surface area contributed by atoms with Crippen LogP contribution >= 0.6 is 11.3 Å². The van der Waals surface area contributed by atoms with Crippen LogP contribution < -0.4 is 4.74 Å². The van der Waals surface area contributed by atoms with E-state index in [1.165, 1.54) is 10.4 Å². The first-order valence-corrected chi connectivity index (χ1v) is 11.6. The molecular formula is C27H27N3O2S. The van der Waals surface area contributed by atoms with Crippen molar-refractivity contribution < 1.29 is 9.53 Å². The fraction of sp³-hybridized carbons (Fsp3) is 0.185. The van der Waals surface area contributed by atoms with E-state index in [1.54, 1.807) is 29.4 Å². The van der Waals surface area contributed by atoms with Crippen LogP contribution in [0.1, 0.15) is 21.6 Å². The Labute approximate surface area is 198 Å². The zero-order valence-corrected chi connectivity index (χ0v) is 19.9. The molecule has 4 rings (SSSR count). The van der Waals surface area contributed by atoms with E-state index < -0.39 is 0 Å². The normalized spacial score (nSPS) is 11.1. The molecule has 168 valence electrons. The molecular weight excluding hydrogens is 430 g/mol. The van der Waals surface area contributed by atoms with Crippen molar-refractivity contribution in [2.75, 3.05) is 14.2 Å². The Morgan fingerprint density at radius 3 is 2.61 bits per heavy atom. The van der Waals surface area contributed by atoms with Gasteiger partial charge in [-0.1, -0.05) is 42.5 Å². The van der Waals surface area contributed by atoms with Crippen LogP contribution in [0.4, 0.5) is 0 Å². The Hall–Kier alpha value is -3.64. The summed E-state index contributed by atoms with van der Waals surface area (Å²) in [6, 6.07) is 20.1. The van der Waals surface area contributed by atoms with Crippen LogP contribution in [0.25, 0.3) is 17.3 Å². The van der Waals surface area contributed by atoms with E-state index in [9.17, 15) is 4.79 Å². The van der Waals surface area contributed by atoms with Gasteiger partial charge in [-0.05, 0) is 47.7 Å². The summed E-state index contributed by atoms with van der Waals surface area (Å²) in [5.41, 5.74) is 4.91. The summed E-state index contributed by atoms with van der Waals surface area (Å²) >= 11 is 1.67. The van der Waals surface area contributed by atoms with Gasteiger partial charge >= 0.3 is 0 Å². The predicted molar refractivity (Wildman–Crippen MR) is 134 cm³/mol. The number of para-hydroxylation sites is 1. The van der Waals surface area contributed by atoms with Crippen molar-refractivity contribution in [1.29, 1.82) is 0 Å². The number of hydrogen-bond acceptors (Lipinski definition) is 4. The highest BCUT2D eigenvalue weighted by Crippen LogP contribution is 2.32. The highest BCUT2D eigenvalue weighted by molar-refractivity contribution is 7.10. The van der Waals surface area contributed by atoms with Crippen molar-refractivity contribution in [3.63, 3.8) is 0 Å². The largest absolute Gasteiger partial charge is 0.496 e. The maximum Gasteiger partial charge on any atom is 0.246 e. The number of benzene rings is 2. The number of carbonyl (C=O) groups is 1. The highest BCUT2D eigenvalue weighted by Gasteiger charge is 2.15. The van der Waals surface area contributed by atoms with E-state index >= 15 is 0 Å². The number of rotatable bonds is 8. The molecule has 2 aromatic heterocycles. The average Bonchev–Trinajstić information content (AvgIpc) is 3.43. The number of ether oxygens (including phenoxy) is 1. The van der Waals surface area contributed by atoms with Gasteiger partial charge in [-0.15, -0.1) is 11.3 Å². The van der Waals surface area contributed by atoms with Gasteiger partial charge in [0.1, 0.15) is 11.4 Å². The van der Waals surface area contributed by atoms with E-state index in [0.29, 0.717) is 13.1 Å². The van der Waals surface area contributed by atoms with Gasteiger partial charge in [0.05, 0.1) is 20.2 Å². The molecule has 4 aromatic rings. The molecule has 1 amide bonds. The second-order valence-electron chi connectivity index (χ2n) is 7.87. The van der Waals surface area contributed by atoms with Gasteiger partial charge in [-0.3, -0.25) is 9.48 Å². The van der Waals surface area contributed by atoms with Crippen molar-refractivity contribution >= 4 is 23.3 Å². The molecule has 0 aliphatic heterocycles. The smallest absolute Gasteiger partial charge is 0.246 e. The Morgan fingerprint density at radius 2 is 1.88 bits per heavy atom. The van der Waals surface area contributed by atoms with Crippen molar-refractivity contribution in [2.24, 2.45) is 0 Å². The molecule has 5 nitrogen and oxygen atoms in total. The number of carbonyl (C=O) groups excluding carboxylic acids is 1. The zero-order chi connectivity index (χ0) is 23.2. The monoisotopic (exact) mass is 457 g/mol. The molecule has 2 aromatic carbocycles. The van der Waals surface area contributed by atoms with Crippen LogP contribution in [-0.2, 0) is 17.9 Å². The van der Waals surface area contributed by atoms with E-state index in [2.05, 4.69) is 30.5 Å². The Morgan fingerprint density at radius 1 is 1.12 bits per heavy atom. The average molecular weight is 458 g/mol. The van der Waals surface area contributed by atoms with Crippen molar-refractivity contribution in [3.05, 3.63) is 99.9 Å². The number of thiophene rings is 1. The van der Waals surface area contributed by atoms with E-state index in [4.69, 9.17) is 9.84 Å². The first-order chi connectivity index (χ1) is 16.0. The summed E-state index contributed by atoms with van der Waals surface area (Å²) in [5, 5.41) is 6.90. The van der Waals surface area contributed by atoms with Crippen LogP contribution in [0.3, 0.4) is 0 Å². The standard InChI is InChI=1S/C27H27N3O2S/c1-20-15-16-33-25(20)19-29(2)26(31)14-13-22-18-30(17-21-9-5-4-6-10-21)28-27(22)23-11-7-8-12-24(23)32-3/h4-16,18H,17,19H2,1-3H3/b14-13+. The third-order valence-electron chi connectivity index (χ3n) is 5.47. The molecule has 0 aliphatic carbocycles. The third-order valence-corrected chi connectivity index (χ3v) is 6.48. The summed E-state index contributed by atoms with van der Waals surface area (Å²) in [4.78, 5) is 15.7. The lowest BCUT2D eigenvalue weighted by Gasteiger charge is -2.14. The Kier molecular flexibility index (Phi) is 7.05. The molecule has 0 fully saturated rings. The Balaban J connectivity index is 1.62. The minimum absolute atomic E-state index is 0.0513. The van der Waals surface area contributed by atoms with Gasteiger partial charge in [0.25, 0.3) is 0 Å². The number of likely N-dealkylation sites (N-methyl/N-ethyl adjacent to an activating group) is 1. The zero-order valence-electron chi connectivity index (χ0n) is 19.1. The quantitative estimate of drug-likeness (QED) is 0.321. The summed E-state index contributed by atoms with van der Waals surface area (Å²) in [5.74, 6) is 0.693. The molecule has 2 heterocycles. The van der Waals surface area contributed by atoms with Crippen LogP contribution in [0.15, 0.2) is 78.3 Å². The summed E-state index contributed by atoms with van der Waals surface area (Å²) < 4.78 is 7.47. The van der Waals surface area contributed by atoms with Crippen molar-refractivity contribution in [2.45, 2.75) is 20.0 Å². The topological polar surface area (TPSA) is 47.4 Å². The molecule has 0 saturated carbocycles. The molecule has 0 spiro atoms. The molecule has 33 heavy (non-hydrogen) atoms. The summed E-state index contributed by atoms with van der Waals surface area (Å²) in [7, 11) is 3.48. The van der Waals surface area contributed by atoms with Gasteiger partial charge < -0.3 is 9.64 Å². The fourth-order valence-electron chi connectivity index (χ4n) is 3.61. The van der Waals surface area contributed by atoms with Crippen LogP contribution in [0, 0.1) is 6.92 Å². The lowest BCUT2D eigenvalue weighted by molar-refractivity contribution is -0.125. The summed E-state index contributed by atoms with van der Waals surface area (Å²) in [6.07, 6.45) is 5.43. The highest BCUT2D eigenvalue weighted by atomic mass is 32.1. The summed E-state index contributed by atoms with van der Waals surface area (Å²) in [6.45, 7) is 3.31. The fourth-order valence-corrected chi connectivity index (χ4v) is 4.57. The van der Waals surface area contributed by atoms with Gasteiger partial charge in [-0.2, -0.15) is 5.10 Å². The maximum atomic E-state index is 12.8. The lowest BCUT2D eigenvalue weighted by Crippen LogP contribution is -2.23. The molecule has 0 N–H and O–H groups in total. The van der Waals surface area contributed by atoms with Crippen molar-refractivity contribution in [1.82, 2.24) is 14.7 Å². The molecule has 0 aliphatic rings. The molecule has 6 heteroatoms. The minimum Gasteiger partial charge on any atom is -0.496 e. The maximum absolute atomic E-state index is 12.8. The lowest BCUT2D eigenvalue weighted by atomic mass is 10.1. The molecule has 0 unspecified atom stereocenters.